The first kappa shape index (κ1) is 21.3. The summed E-state index contributed by atoms with van der Waals surface area (Å²) in [6.45, 7) is 6.85. The summed E-state index contributed by atoms with van der Waals surface area (Å²) >= 11 is 0. The van der Waals surface area contributed by atoms with Crippen molar-refractivity contribution in [2.75, 3.05) is 0 Å². The maximum Gasteiger partial charge on any atom is 0.120 e. The predicted molar refractivity (Wildman–Crippen MR) is 124 cm³/mol. The summed E-state index contributed by atoms with van der Waals surface area (Å²) in [6.07, 6.45) is 11.4. The van der Waals surface area contributed by atoms with E-state index in [9.17, 15) is 0 Å². The average Bonchev–Trinajstić information content (AvgIpc) is 3.59. The quantitative estimate of drug-likeness (QED) is 0.336. The van der Waals surface area contributed by atoms with E-state index < -0.39 is 0 Å². The van der Waals surface area contributed by atoms with E-state index in [2.05, 4.69) is 57.2 Å². The van der Waals surface area contributed by atoms with Crippen LogP contribution in [0.1, 0.15) is 78.6 Å². The Morgan fingerprint density at radius 3 is 1.93 bits per heavy atom. The maximum absolute atomic E-state index is 6.59. The molecule has 0 N–H and O–H groups in total. The van der Waals surface area contributed by atoms with Gasteiger partial charge in [0.2, 0.25) is 0 Å². The maximum atomic E-state index is 6.59. The van der Waals surface area contributed by atoms with Crippen LogP contribution in [0.2, 0.25) is 0 Å². The molecule has 2 saturated carbocycles. The fourth-order valence-corrected chi connectivity index (χ4v) is 5.37. The molecule has 161 valence electrons. The van der Waals surface area contributed by atoms with Crippen molar-refractivity contribution in [1.29, 1.82) is 0 Å². The van der Waals surface area contributed by atoms with Gasteiger partial charge in [-0.1, -0.05) is 81.8 Å². The Morgan fingerprint density at radius 2 is 1.30 bits per heavy atom. The third-order valence-corrected chi connectivity index (χ3v) is 7.26. The molecule has 0 bridgehead atoms. The normalized spacial score (nSPS) is 30.1. The lowest BCUT2D eigenvalue weighted by atomic mass is 9.87. The summed E-state index contributed by atoms with van der Waals surface area (Å²) in [5.74, 6) is 3.51. The smallest absolute Gasteiger partial charge is 0.120 e. The van der Waals surface area contributed by atoms with Gasteiger partial charge in [-0.05, 0) is 57.4 Å². The van der Waals surface area contributed by atoms with Crippen molar-refractivity contribution in [1.82, 2.24) is 0 Å². The third kappa shape index (κ3) is 4.38. The predicted octanol–water partition coefficient (Wildman–Crippen LogP) is 7.78. The molecule has 1 radical (unpaired) electrons. The van der Waals surface area contributed by atoms with E-state index in [-0.39, 0.29) is 16.6 Å². The Bertz CT molecular complexity index is 804. The van der Waals surface area contributed by atoms with Crippen molar-refractivity contribution in [3.63, 3.8) is 0 Å². The van der Waals surface area contributed by atoms with Crippen LogP contribution >= 0.6 is 0 Å². The molecule has 0 amide bonds. The number of unbranched alkanes of at least 4 members (excludes halogenated alkanes) is 5. The van der Waals surface area contributed by atoms with Gasteiger partial charge in [0.25, 0.3) is 0 Å². The molecule has 2 fully saturated rings. The molecular weight excluding hydrogens is 368 g/mol. The molecule has 4 rings (SSSR count). The van der Waals surface area contributed by atoms with Crippen LogP contribution < -0.4 is 9.47 Å². The molecule has 3 atom stereocenters. The van der Waals surface area contributed by atoms with Gasteiger partial charge in [0.05, 0.1) is 0 Å². The highest BCUT2D eigenvalue weighted by molar-refractivity contribution is 5.46. The van der Waals surface area contributed by atoms with Gasteiger partial charge in [0.15, 0.2) is 0 Å². The van der Waals surface area contributed by atoms with Crippen molar-refractivity contribution in [2.24, 2.45) is 5.41 Å². The molecule has 2 aromatic carbocycles. The van der Waals surface area contributed by atoms with E-state index in [0.717, 1.165) is 24.3 Å². The molecule has 2 aromatic rings. The molecule has 2 heteroatoms. The van der Waals surface area contributed by atoms with Crippen molar-refractivity contribution >= 4 is 0 Å². The van der Waals surface area contributed by atoms with E-state index in [1.54, 1.807) is 5.92 Å². The minimum Gasteiger partial charge on any atom is -0.487 e. The minimum atomic E-state index is -0.151. The fraction of sp³-hybridized carbons (Fsp3) is 0.536. The lowest BCUT2D eigenvalue weighted by molar-refractivity contribution is 0.132. The van der Waals surface area contributed by atoms with E-state index in [1.165, 1.54) is 44.9 Å². The SMILES string of the molecule is CCCCCCCCC1([C]2CC2(C)Oc2ccccc2)CC1(C)Oc1ccccc1. The molecule has 2 aliphatic rings. The van der Waals surface area contributed by atoms with E-state index in [1.807, 2.05) is 24.3 Å². The number of hydrogen-bond acceptors (Lipinski definition) is 2. The first-order valence-electron chi connectivity index (χ1n) is 11.9. The van der Waals surface area contributed by atoms with Crippen LogP contribution in [0.15, 0.2) is 60.7 Å². The van der Waals surface area contributed by atoms with Crippen LogP contribution in [0.4, 0.5) is 0 Å². The van der Waals surface area contributed by atoms with Crippen molar-refractivity contribution in [3.05, 3.63) is 66.6 Å². The second-order valence-corrected chi connectivity index (χ2v) is 9.72. The van der Waals surface area contributed by atoms with Gasteiger partial charge in [0, 0.05) is 11.3 Å². The minimum absolute atomic E-state index is 0.120. The highest BCUT2D eigenvalue weighted by Crippen LogP contribution is 2.76. The summed E-state index contributed by atoms with van der Waals surface area (Å²) in [4.78, 5) is 0. The average molecular weight is 406 g/mol. The van der Waals surface area contributed by atoms with Crippen LogP contribution in [-0.2, 0) is 0 Å². The highest BCUT2D eigenvalue weighted by Gasteiger charge is 2.79. The molecule has 0 saturated heterocycles. The molecule has 0 heterocycles. The van der Waals surface area contributed by atoms with Crippen LogP contribution in [0.25, 0.3) is 0 Å². The lowest BCUT2D eigenvalue weighted by Crippen LogP contribution is -2.29. The van der Waals surface area contributed by atoms with Crippen LogP contribution in [-0.4, -0.2) is 11.2 Å². The standard InChI is InChI=1S/C28H37O2/c1-4-5-6-7-8-15-20-28(22-27(28,3)30-24-18-13-10-14-19-24)25-21-26(25,2)29-23-16-11-9-12-17-23/h9-14,16-19H,4-8,15,20-22H2,1-3H3. The van der Waals surface area contributed by atoms with E-state index >= 15 is 0 Å². The van der Waals surface area contributed by atoms with Gasteiger partial charge in [-0.15, -0.1) is 0 Å². The monoisotopic (exact) mass is 405 g/mol. The summed E-state index contributed by atoms with van der Waals surface area (Å²) in [6, 6.07) is 20.6. The number of hydrogen-bond donors (Lipinski definition) is 0. The van der Waals surface area contributed by atoms with Crippen LogP contribution in [0, 0.1) is 11.3 Å². The van der Waals surface area contributed by atoms with Crippen LogP contribution in [0.3, 0.4) is 0 Å². The first-order chi connectivity index (χ1) is 14.5. The molecule has 0 aromatic heterocycles. The van der Waals surface area contributed by atoms with E-state index in [4.69, 9.17) is 9.47 Å². The molecule has 0 spiro atoms. The Morgan fingerprint density at radius 1 is 0.733 bits per heavy atom. The Kier molecular flexibility index (Phi) is 6.14. The number of benzene rings is 2. The van der Waals surface area contributed by atoms with Gasteiger partial charge in [-0.3, -0.25) is 0 Å². The zero-order valence-electron chi connectivity index (χ0n) is 19.0. The molecule has 3 unspecified atom stereocenters. The third-order valence-electron chi connectivity index (χ3n) is 7.26. The van der Waals surface area contributed by atoms with Crippen LogP contribution in [0.5, 0.6) is 11.5 Å². The first-order valence-corrected chi connectivity index (χ1v) is 11.9. The van der Waals surface area contributed by atoms with Crippen molar-refractivity contribution < 1.29 is 9.47 Å². The zero-order chi connectivity index (χ0) is 21.1. The van der Waals surface area contributed by atoms with Gasteiger partial charge < -0.3 is 9.47 Å². The number of ether oxygens (including phenoxy) is 2. The highest BCUT2D eigenvalue weighted by atomic mass is 16.5. The van der Waals surface area contributed by atoms with Crippen molar-refractivity contribution in [3.8, 4) is 11.5 Å². The van der Waals surface area contributed by atoms with Gasteiger partial charge >= 0.3 is 0 Å². The number of para-hydroxylation sites is 2. The zero-order valence-corrected chi connectivity index (χ0v) is 19.0. The van der Waals surface area contributed by atoms with Gasteiger partial charge in [0.1, 0.15) is 22.7 Å². The fourth-order valence-electron chi connectivity index (χ4n) is 5.37. The summed E-state index contributed by atoms with van der Waals surface area (Å²) in [5.41, 5.74) is -0.122. The molecule has 0 aliphatic heterocycles. The topological polar surface area (TPSA) is 18.5 Å². The largest absolute Gasteiger partial charge is 0.487 e. The summed E-state index contributed by atoms with van der Waals surface area (Å²) in [7, 11) is 0. The Labute approximate surface area is 183 Å². The van der Waals surface area contributed by atoms with E-state index in [0.29, 0.717) is 0 Å². The Balaban J connectivity index is 1.44. The Hall–Kier alpha value is -1.96. The lowest BCUT2D eigenvalue weighted by Gasteiger charge is -2.26. The van der Waals surface area contributed by atoms with Gasteiger partial charge in [-0.25, -0.2) is 0 Å². The molecule has 30 heavy (non-hydrogen) atoms. The molecule has 2 nitrogen and oxygen atoms in total. The number of rotatable bonds is 12. The molecule has 2 aliphatic carbocycles. The summed E-state index contributed by atoms with van der Waals surface area (Å²) < 4.78 is 13.1. The summed E-state index contributed by atoms with van der Waals surface area (Å²) in [5, 5.41) is 0. The second kappa shape index (κ2) is 8.65. The van der Waals surface area contributed by atoms with Crippen molar-refractivity contribution in [2.45, 2.75) is 89.8 Å². The van der Waals surface area contributed by atoms with Gasteiger partial charge in [-0.2, -0.15) is 0 Å². The second-order valence-electron chi connectivity index (χ2n) is 9.72. The molecular formula is C28H37O2.